The average molecular weight is 1200 g/mol. The third-order valence-corrected chi connectivity index (χ3v) is 15.6. The summed E-state index contributed by atoms with van der Waals surface area (Å²) in [5, 5.41) is 11.8. The number of aliphatic carboxylic acids is 1. The first-order chi connectivity index (χ1) is 42.1. The first kappa shape index (κ1) is 82.2. The second kappa shape index (κ2) is 67.1. The topological polar surface area (TPSA) is 111 Å². The summed E-state index contributed by atoms with van der Waals surface area (Å²) < 4.78 is 22.8. The van der Waals surface area contributed by atoms with Crippen LogP contribution >= 0.6 is 0 Å². The molecule has 0 aromatic carbocycles. The zero-order valence-electron chi connectivity index (χ0n) is 56.7. The molecule has 0 spiro atoms. The molecule has 86 heavy (non-hydrogen) atoms. The smallest absolute Gasteiger partial charge is 0.306 e. The van der Waals surface area contributed by atoms with E-state index >= 15 is 0 Å². The summed E-state index contributed by atoms with van der Waals surface area (Å²) in [4.78, 5) is 37.5. The fraction of sp³-hybridized carbons (Fsp3) is 0.753. The van der Waals surface area contributed by atoms with Gasteiger partial charge in [-0.2, -0.15) is 0 Å². The van der Waals surface area contributed by atoms with Crippen molar-refractivity contribution in [3.8, 4) is 0 Å². The summed E-state index contributed by atoms with van der Waals surface area (Å²) in [5.74, 6) is -2.27. The highest BCUT2D eigenvalue weighted by Crippen LogP contribution is 2.18. The first-order valence-corrected chi connectivity index (χ1v) is 35.9. The summed E-state index contributed by atoms with van der Waals surface area (Å²) in [5.41, 5.74) is 0. The molecule has 0 aliphatic carbocycles. The Bertz CT molecular complexity index is 1730. The van der Waals surface area contributed by atoms with Gasteiger partial charge in [-0.15, -0.1) is 0 Å². The van der Waals surface area contributed by atoms with Crippen molar-refractivity contribution >= 4 is 17.9 Å². The summed E-state index contributed by atoms with van der Waals surface area (Å²) in [6, 6.07) is 0. The molecule has 0 fully saturated rings. The first-order valence-electron chi connectivity index (χ1n) is 35.9. The Balaban J connectivity index is 4.04. The van der Waals surface area contributed by atoms with Gasteiger partial charge in [0, 0.05) is 12.8 Å². The van der Waals surface area contributed by atoms with Crippen LogP contribution < -0.4 is 5.11 Å². The second-order valence-electron chi connectivity index (χ2n) is 25.2. The number of carboxylic acids is 1. The Morgan fingerprint density at radius 3 is 0.988 bits per heavy atom. The summed E-state index contributed by atoms with van der Waals surface area (Å²) >= 11 is 0. The highest BCUT2D eigenvalue weighted by Gasteiger charge is 2.22. The van der Waals surface area contributed by atoms with Crippen LogP contribution in [0.4, 0.5) is 0 Å². The van der Waals surface area contributed by atoms with Crippen LogP contribution in [0, 0.1) is 0 Å². The largest absolute Gasteiger partial charge is 0.545 e. The van der Waals surface area contributed by atoms with Crippen molar-refractivity contribution in [2.24, 2.45) is 0 Å². The quantitative estimate of drug-likeness (QED) is 0.0195. The number of carboxylic acid groups (broad SMARTS) is 1. The molecule has 0 saturated carbocycles. The molecule has 0 bridgehead atoms. The van der Waals surface area contributed by atoms with Gasteiger partial charge in [0.2, 0.25) is 0 Å². The van der Waals surface area contributed by atoms with Gasteiger partial charge in [-0.25, -0.2) is 0 Å². The number of allylic oxidation sites excluding steroid dienone is 16. The van der Waals surface area contributed by atoms with Gasteiger partial charge in [-0.05, 0) is 77.0 Å². The van der Waals surface area contributed by atoms with Gasteiger partial charge in [-0.3, -0.25) is 9.59 Å². The van der Waals surface area contributed by atoms with Crippen LogP contribution in [0.15, 0.2) is 97.2 Å². The van der Waals surface area contributed by atoms with Gasteiger partial charge < -0.3 is 33.3 Å². The van der Waals surface area contributed by atoms with E-state index in [1.165, 1.54) is 193 Å². The van der Waals surface area contributed by atoms with Crippen molar-refractivity contribution in [2.45, 2.75) is 328 Å². The number of ether oxygens (including phenoxy) is 4. The number of nitrogens with zero attached hydrogens (tertiary/aromatic N) is 1. The number of carbonyl (C=O) groups is 3. The average Bonchev–Trinajstić information content (AvgIpc) is 3.63. The Hall–Kier alpha value is -3.79. The molecule has 0 radical (unpaired) electrons. The summed E-state index contributed by atoms with van der Waals surface area (Å²) in [6.07, 6.45) is 89.2. The van der Waals surface area contributed by atoms with Crippen LogP contribution in [0.1, 0.15) is 316 Å². The molecule has 0 aromatic heterocycles. The van der Waals surface area contributed by atoms with E-state index in [9.17, 15) is 19.5 Å². The lowest BCUT2D eigenvalue weighted by Crippen LogP contribution is -2.44. The van der Waals surface area contributed by atoms with Gasteiger partial charge in [0.1, 0.15) is 13.2 Å². The molecule has 0 aliphatic heterocycles. The fourth-order valence-electron chi connectivity index (χ4n) is 10.1. The minimum absolute atomic E-state index is 0.147. The van der Waals surface area contributed by atoms with Crippen LogP contribution in [-0.2, 0) is 33.3 Å². The standard InChI is InChI=1S/C77H135NO8/c1-6-8-10-12-14-16-18-20-22-24-26-28-29-30-31-32-33-34-35-36-37-38-39-40-41-42-43-44-45-46-47-48-50-52-54-56-58-60-62-64-66-68-75(80)86-73(72-85-77(76(81)82)83-70-69-78(3,4)5)71-84-74(79)67-65-63-61-59-57-55-53-51-49-27-25-23-21-19-17-15-13-11-9-7-2/h8,10,14,16,20,22,26,28,30-31,33-34,36-37,39-40,73,77H,6-7,9,11-13,15,17-19,21,23-25,27,29,32,35,38,41-72H2,1-5H3/b10-8-,16-14-,22-20-,28-26-,31-30-,34-33-,37-36-,40-39-. The number of rotatable bonds is 66. The Labute approximate surface area is 531 Å². The van der Waals surface area contributed by atoms with E-state index in [0.717, 1.165) is 89.9 Å². The number of esters is 2. The van der Waals surface area contributed by atoms with E-state index in [4.69, 9.17) is 18.9 Å². The van der Waals surface area contributed by atoms with Crippen LogP contribution in [0.25, 0.3) is 0 Å². The predicted octanol–water partition coefficient (Wildman–Crippen LogP) is 21.1. The maximum absolute atomic E-state index is 12.9. The minimum Gasteiger partial charge on any atom is -0.545 e. The number of likely N-dealkylation sites (N-methyl/N-ethyl adjacent to an activating group) is 1. The Kier molecular flexibility index (Phi) is 64.2. The Morgan fingerprint density at radius 1 is 0.360 bits per heavy atom. The fourth-order valence-corrected chi connectivity index (χ4v) is 10.1. The van der Waals surface area contributed by atoms with Crippen molar-refractivity contribution in [1.82, 2.24) is 0 Å². The molecule has 2 atom stereocenters. The van der Waals surface area contributed by atoms with E-state index in [1.54, 1.807) is 0 Å². The molecule has 0 aromatic rings. The molecule has 2 unspecified atom stereocenters. The Morgan fingerprint density at radius 2 is 0.663 bits per heavy atom. The van der Waals surface area contributed by atoms with Crippen LogP contribution in [0.5, 0.6) is 0 Å². The van der Waals surface area contributed by atoms with Gasteiger partial charge >= 0.3 is 11.9 Å². The highest BCUT2D eigenvalue weighted by atomic mass is 16.7. The molecule has 496 valence electrons. The molecule has 0 heterocycles. The molecule has 0 aliphatic rings. The van der Waals surface area contributed by atoms with E-state index in [0.29, 0.717) is 23.9 Å². The van der Waals surface area contributed by atoms with E-state index in [1.807, 2.05) is 21.1 Å². The molecule has 0 rings (SSSR count). The maximum atomic E-state index is 12.9. The van der Waals surface area contributed by atoms with Gasteiger partial charge in [0.25, 0.3) is 0 Å². The zero-order chi connectivity index (χ0) is 62.6. The van der Waals surface area contributed by atoms with Crippen molar-refractivity contribution in [3.05, 3.63) is 97.2 Å². The number of hydrogen-bond donors (Lipinski definition) is 0. The van der Waals surface area contributed by atoms with E-state index in [-0.39, 0.29) is 32.2 Å². The third kappa shape index (κ3) is 67.7. The van der Waals surface area contributed by atoms with Crippen LogP contribution in [-0.4, -0.2) is 82.3 Å². The molecule has 0 N–H and O–H groups in total. The molecular weight excluding hydrogens is 1070 g/mol. The summed E-state index contributed by atoms with van der Waals surface area (Å²) in [6.45, 7) is 4.68. The number of carbonyl (C=O) groups excluding carboxylic acids is 3. The van der Waals surface area contributed by atoms with Gasteiger partial charge in [0.05, 0.1) is 40.3 Å². The molecule has 9 heteroatoms. The predicted molar refractivity (Wildman–Crippen MR) is 366 cm³/mol. The highest BCUT2D eigenvalue weighted by molar-refractivity contribution is 5.70. The second-order valence-corrected chi connectivity index (χ2v) is 25.2. The summed E-state index contributed by atoms with van der Waals surface area (Å²) in [7, 11) is 5.94. The van der Waals surface area contributed by atoms with Crippen molar-refractivity contribution in [3.63, 3.8) is 0 Å². The zero-order valence-corrected chi connectivity index (χ0v) is 56.7. The van der Waals surface area contributed by atoms with Gasteiger partial charge in [0.15, 0.2) is 12.4 Å². The SMILES string of the molecule is CC/C=C\C/C=C\C/C=C\C/C=C\C/C=C\C/C=C\C/C=C\C/C=C\CCCCCCCCCCCCCCCCCCC(=O)OC(COC(=O)CCCCCCCCCCCCCCCCCCCCCC)COC(OCC[N+](C)(C)C)C(=O)[O-]. The van der Waals surface area contributed by atoms with Crippen LogP contribution in [0.2, 0.25) is 0 Å². The van der Waals surface area contributed by atoms with Crippen LogP contribution in [0.3, 0.4) is 0 Å². The molecular formula is C77H135NO8. The van der Waals surface area contributed by atoms with Crippen molar-refractivity contribution in [1.29, 1.82) is 0 Å². The van der Waals surface area contributed by atoms with Crippen molar-refractivity contribution < 1.29 is 42.9 Å². The monoisotopic (exact) mass is 1200 g/mol. The lowest BCUT2D eigenvalue weighted by atomic mass is 10.0. The van der Waals surface area contributed by atoms with E-state index < -0.39 is 24.3 Å². The van der Waals surface area contributed by atoms with Gasteiger partial charge in [-0.1, -0.05) is 323 Å². The molecule has 9 nitrogen and oxygen atoms in total. The maximum Gasteiger partial charge on any atom is 0.306 e. The lowest BCUT2D eigenvalue weighted by molar-refractivity contribution is -0.870. The minimum atomic E-state index is -1.62. The number of quaternary nitrogens is 1. The lowest BCUT2D eigenvalue weighted by Gasteiger charge is -2.26. The number of unbranched alkanes of at least 4 members (excludes halogenated alkanes) is 35. The molecule has 0 amide bonds. The normalized spacial score (nSPS) is 13.3. The third-order valence-electron chi connectivity index (χ3n) is 15.6. The van der Waals surface area contributed by atoms with E-state index in [2.05, 4.69) is 111 Å². The van der Waals surface area contributed by atoms with Crippen molar-refractivity contribution in [2.75, 3.05) is 47.5 Å². The molecule has 0 saturated heterocycles. The number of hydrogen-bond acceptors (Lipinski definition) is 8.